The van der Waals surface area contributed by atoms with Crippen molar-refractivity contribution in [1.82, 2.24) is 4.72 Å². The van der Waals surface area contributed by atoms with Crippen molar-refractivity contribution in [1.29, 1.82) is 0 Å². The molecule has 1 heterocycles. The fraction of sp³-hybridized carbons (Fsp3) is 0.417. The van der Waals surface area contributed by atoms with Gasteiger partial charge in [0.05, 0.1) is 5.75 Å². The molecule has 0 radical (unpaired) electrons. The Hall–Kier alpha value is -0.630. The number of thioether (sulfide) groups is 1. The van der Waals surface area contributed by atoms with Crippen molar-refractivity contribution in [3.05, 3.63) is 35.4 Å². The predicted octanol–water partition coefficient (Wildman–Crippen LogP) is 1.25. The molecule has 1 atom stereocenters. The molecule has 1 aliphatic rings. The van der Waals surface area contributed by atoms with E-state index in [2.05, 4.69) is 4.72 Å². The minimum absolute atomic E-state index is 0.00815. The number of sulfonamides is 1. The van der Waals surface area contributed by atoms with Gasteiger partial charge in [0.1, 0.15) is 4.99 Å². The lowest BCUT2D eigenvalue weighted by Gasteiger charge is -2.12. The summed E-state index contributed by atoms with van der Waals surface area (Å²) in [5.74, 6) is 1.88. The number of nitrogens with one attached hydrogen (secondary N) is 1. The maximum absolute atomic E-state index is 12.0. The second-order valence-corrected chi connectivity index (χ2v) is 7.84. The highest BCUT2D eigenvalue weighted by Crippen LogP contribution is 2.18. The summed E-state index contributed by atoms with van der Waals surface area (Å²) in [6.45, 7) is 0. The molecular formula is C12H16N2O2S3. The Bertz CT molecular complexity index is 549. The Morgan fingerprint density at radius 1 is 1.42 bits per heavy atom. The molecule has 104 valence electrons. The van der Waals surface area contributed by atoms with Gasteiger partial charge in [0.2, 0.25) is 10.0 Å². The van der Waals surface area contributed by atoms with Crippen molar-refractivity contribution in [2.24, 2.45) is 5.73 Å². The van der Waals surface area contributed by atoms with Gasteiger partial charge in [0.25, 0.3) is 0 Å². The summed E-state index contributed by atoms with van der Waals surface area (Å²) < 4.78 is 26.7. The Labute approximate surface area is 123 Å². The number of rotatable bonds is 5. The highest BCUT2D eigenvalue weighted by atomic mass is 32.2. The van der Waals surface area contributed by atoms with Crippen LogP contribution < -0.4 is 10.5 Å². The third kappa shape index (κ3) is 4.45. The third-order valence-electron chi connectivity index (χ3n) is 2.87. The van der Waals surface area contributed by atoms with E-state index in [0.717, 1.165) is 29.1 Å². The van der Waals surface area contributed by atoms with Crippen LogP contribution in [-0.2, 0) is 15.8 Å². The standard InChI is InChI=1S/C12H16N2O2S3/c13-12(17)10-3-1-9(2-4-10)8-19(15,16)14-11-5-6-18-7-11/h1-4,11,14H,5-8H2,(H2,13,17). The molecule has 3 N–H and O–H groups in total. The third-order valence-corrected chi connectivity index (χ3v) is 5.68. The first-order chi connectivity index (χ1) is 8.96. The van der Waals surface area contributed by atoms with Gasteiger partial charge < -0.3 is 5.73 Å². The van der Waals surface area contributed by atoms with Crippen LogP contribution in [0.15, 0.2) is 24.3 Å². The van der Waals surface area contributed by atoms with Crippen LogP contribution in [0.25, 0.3) is 0 Å². The van der Waals surface area contributed by atoms with Crippen LogP contribution in [0.4, 0.5) is 0 Å². The summed E-state index contributed by atoms with van der Waals surface area (Å²) in [7, 11) is -3.28. The average molecular weight is 316 g/mol. The molecule has 1 fully saturated rings. The van der Waals surface area contributed by atoms with Crippen LogP contribution in [0, 0.1) is 0 Å². The monoisotopic (exact) mass is 316 g/mol. The van der Waals surface area contributed by atoms with E-state index < -0.39 is 10.0 Å². The lowest BCUT2D eigenvalue weighted by molar-refractivity contribution is 0.562. The maximum atomic E-state index is 12.0. The zero-order valence-electron chi connectivity index (χ0n) is 10.3. The van der Waals surface area contributed by atoms with Crippen LogP contribution in [-0.4, -0.2) is 31.0 Å². The van der Waals surface area contributed by atoms with Gasteiger partial charge in [0.15, 0.2) is 0 Å². The zero-order valence-corrected chi connectivity index (χ0v) is 12.8. The molecular weight excluding hydrogens is 300 g/mol. The van der Waals surface area contributed by atoms with Crippen molar-refractivity contribution in [3.8, 4) is 0 Å². The SMILES string of the molecule is NC(=S)c1ccc(CS(=O)(=O)NC2CCSC2)cc1. The lowest BCUT2D eigenvalue weighted by atomic mass is 10.1. The second kappa shape index (κ2) is 6.21. The van der Waals surface area contributed by atoms with Crippen LogP contribution in [0.1, 0.15) is 17.5 Å². The smallest absolute Gasteiger partial charge is 0.216 e. The van der Waals surface area contributed by atoms with E-state index in [-0.39, 0.29) is 11.8 Å². The summed E-state index contributed by atoms with van der Waals surface area (Å²) in [6, 6.07) is 7.07. The number of hydrogen-bond acceptors (Lipinski definition) is 4. The molecule has 1 aromatic rings. The topological polar surface area (TPSA) is 72.2 Å². The van der Waals surface area contributed by atoms with Crippen molar-refractivity contribution in [2.45, 2.75) is 18.2 Å². The first-order valence-corrected chi connectivity index (χ1v) is 9.14. The largest absolute Gasteiger partial charge is 0.389 e. The van der Waals surface area contributed by atoms with E-state index in [1.807, 2.05) is 0 Å². The molecule has 0 aromatic heterocycles. The fourth-order valence-electron chi connectivity index (χ4n) is 1.91. The Balaban J connectivity index is 2.00. The van der Waals surface area contributed by atoms with Crippen LogP contribution in [0.2, 0.25) is 0 Å². The summed E-state index contributed by atoms with van der Waals surface area (Å²) in [6.07, 6.45) is 0.907. The van der Waals surface area contributed by atoms with Gasteiger partial charge in [-0.1, -0.05) is 36.5 Å². The number of benzene rings is 1. The lowest BCUT2D eigenvalue weighted by Crippen LogP contribution is -2.35. The molecule has 1 unspecified atom stereocenters. The normalized spacial score (nSPS) is 19.5. The number of nitrogens with two attached hydrogens (primary N) is 1. The molecule has 1 saturated heterocycles. The van der Waals surface area contributed by atoms with Gasteiger partial charge >= 0.3 is 0 Å². The molecule has 0 amide bonds. The Morgan fingerprint density at radius 2 is 2.11 bits per heavy atom. The Kier molecular flexibility index (Phi) is 4.83. The van der Waals surface area contributed by atoms with Crippen molar-refractivity contribution in [3.63, 3.8) is 0 Å². The quantitative estimate of drug-likeness (QED) is 0.800. The van der Waals surface area contributed by atoms with E-state index in [1.165, 1.54) is 0 Å². The van der Waals surface area contributed by atoms with E-state index in [4.69, 9.17) is 18.0 Å². The van der Waals surface area contributed by atoms with Gasteiger partial charge in [-0.05, 0) is 17.7 Å². The molecule has 19 heavy (non-hydrogen) atoms. The second-order valence-electron chi connectivity index (χ2n) is 4.50. The van der Waals surface area contributed by atoms with Gasteiger partial charge in [-0.25, -0.2) is 13.1 Å². The van der Waals surface area contributed by atoms with Crippen LogP contribution >= 0.6 is 24.0 Å². The first-order valence-electron chi connectivity index (χ1n) is 5.93. The van der Waals surface area contributed by atoms with Crippen LogP contribution in [0.3, 0.4) is 0 Å². The molecule has 7 heteroatoms. The molecule has 2 rings (SSSR count). The first kappa shape index (κ1) is 14.8. The molecule has 0 bridgehead atoms. The zero-order chi connectivity index (χ0) is 13.9. The van der Waals surface area contributed by atoms with Crippen LogP contribution in [0.5, 0.6) is 0 Å². The molecule has 0 spiro atoms. The van der Waals surface area contributed by atoms with Gasteiger partial charge in [0, 0.05) is 17.4 Å². The number of hydrogen-bond donors (Lipinski definition) is 2. The van der Waals surface area contributed by atoms with Crippen molar-refractivity contribution < 1.29 is 8.42 Å². The van der Waals surface area contributed by atoms with Crippen molar-refractivity contribution >= 4 is 39.0 Å². The fourth-order valence-corrected chi connectivity index (χ4v) is 4.73. The molecule has 0 saturated carbocycles. The van der Waals surface area contributed by atoms with E-state index >= 15 is 0 Å². The molecule has 1 aromatic carbocycles. The molecule has 0 aliphatic carbocycles. The highest BCUT2D eigenvalue weighted by Gasteiger charge is 2.21. The van der Waals surface area contributed by atoms with Gasteiger partial charge in [-0.15, -0.1) is 0 Å². The van der Waals surface area contributed by atoms with Gasteiger partial charge in [-0.3, -0.25) is 0 Å². The predicted molar refractivity (Wildman–Crippen MR) is 83.8 cm³/mol. The summed E-state index contributed by atoms with van der Waals surface area (Å²) in [5.41, 5.74) is 6.98. The molecule has 1 aliphatic heterocycles. The maximum Gasteiger partial charge on any atom is 0.216 e. The average Bonchev–Trinajstić information content (AvgIpc) is 2.81. The summed E-state index contributed by atoms with van der Waals surface area (Å²) in [5, 5.41) is 0. The molecule has 4 nitrogen and oxygen atoms in total. The van der Waals surface area contributed by atoms with E-state index in [9.17, 15) is 8.42 Å². The van der Waals surface area contributed by atoms with E-state index in [0.29, 0.717) is 4.99 Å². The van der Waals surface area contributed by atoms with Gasteiger partial charge in [-0.2, -0.15) is 11.8 Å². The highest BCUT2D eigenvalue weighted by molar-refractivity contribution is 7.99. The minimum Gasteiger partial charge on any atom is -0.389 e. The van der Waals surface area contributed by atoms with Crippen molar-refractivity contribution in [2.75, 3.05) is 11.5 Å². The summed E-state index contributed by atoms with van der Waals surface area (Å²) in [4.78, 5) is 0.315. The Morgan fingerprint density at radius 3 is 2.63 bits per heavy atom. The number of thiocarbonyl (C=S) groups is 1. The summed E-state index contributed by atoms with van der Waals surface area (Å²) >= 11 is 6.63. The minimum atomic E-state index is -3.28. The van der Waals surface area contributed by atoms with E-state index in [1.54, 1.807) is 36.0 Å².